The lowest BCUT2D eigenvalue weighted by Crippen LogP contribution is -2.39. The van der Waals surface area contributed by atoms with Gasteiger partial charge >= 0.3 is 0 Å². The first-order valence-electron chi connectivity index (χ1n) is 11.1. The monoisotopic (exact) mass is 444 g/mol. The van der Waals surface area contributed by atoms with Crippen molar-refractivity contribution in [1.29, 1.82) is 0 Å². The molecule has 0 fully saturated rings. The summed E-state index contributed by atoms with van der Waals surface area (Å²) in [5.41, 5.74) is 4.16. The molecule has 2 amide bonds. The standard InChI is InChI=1S/C27H28N2O4/c1-19-5-9-21(10-6-19)27(31)28-22-11-14-25-24(17-22)29(26(30)18-33-25)15-3-4-16-32-23-12-7-20(2)8-13-23/h5-14,17H,3-4,15-16,18H2,1-2H3,(H,28,31). The first-order chi connectivity index (χ1) is 16.0. The lowest BCUT2D eigenvalue weighted by molar-refractivity contribution is -0.121. The van der Waals surface area contributed by atoms with E-state index < -0.39 is 0 Å². The summed E-state index contributed by atoms with van der Waals surface area (Å²) in [6, 6.07) is 20.7. The van der Waals surface area contributed by atoms with E-state index in [-0.39, 0.29) is 18.4 Å². The van der Waals surface area contributed by atoms with Gasteiger partial charge in [0.25, 0.3) is 11.8 Å². The lowest BCUT2D eigenvalue weighted by atomic mass is 10.1. The average Bonchev–Trinajstić information content (AvgIpc) is 2.81. The van der Waals surface area contributed by atoms with E-state index in [1.54, 1.807) is 35.2 Å². The van der Waals surface area contributed by atoms with Crippen molar-refractivity contribution in [3.05, 3.63) is 83.4 Å². The maximum absolute atomic E-state index is 12.6. The van der Waals surface area contributed by atoms with Crippen molar-refractivity contribution in [2.75, 3.05) is 30.0 Å². The maximum Gasteiger partial charge on any atom is 0.265 e. The predicted molar refractivity (Wildman–Crippen MR) is 129 cm³/mol. The van der Waals surface area contributed by atoms with E-state index in [1.165, 1.54) is 5.56 Å². The Balaban J connectivity index is 1.36. The van der Waals surface area contributed by atoms with Gasteiger partial charge in [-0.2, -0.15) is 0 Å². The second-order valence-corrected chi connectivity index (χ2v) is 8.21. The third kappa shape index (κ3) is 5.71. The van der Waals surface area contributed by atoms with E-state index in [9.17, 15) is 9.59 Å². The van der Waals surface area contributed by atoms with Crippen LogP contribution in [0.15, 0.2) is 66.7 Å². The number of carbonyl (C=O) groups excluding carboxylic acids is 2. The molecule has 0 aliphatic carbocycles. The molecule has 0 saturated carbocycles. The molecular weight excluding hydrogens is 416 g/mol. The molecule has 6 heteroatoms. The van der Waals surface area contributed by atoms with Crippen molar-refractivity contribution < 1.29 is 19.1 Å². The molecule has 0 bridgehead atoms. The van der Waals surface area contributed by atoms with Crippen LogP contribution in [0.2, 0.25) is 0 Å². The Morgan fingerprint density at radius 2 is 1.67 bits per heavy atom. The van der Waals surface area contributed by atoms with Crippen molar-refractivity contribution in [2.45, 2.75) is 26.7 Å². The normalized spacial score (nSPS) is 12.7. The number of ether oxygens (including phenoxy) is 2. The van der Waals surface area contributed by atoms with Crippen molar-refractivity contribution >= 4 is 23.2 Å². The number of nitrogens with one attached hydrogen (secondary N) is 1. The molecule has 1 aliphatic rings. The van der Waals surface area contributed by atoms with E-state index in [0.29, 0.717) is 35.8 Å². The molecule has 3 aromatic rings. The fraction of sp³-hybridized carbons (Fsp3) is 0.259. The molecule has 6 nitrogen and oxygen atoms in total. The minimum atomic E-state index is -0.196. The largest absolute Gasteiger partial charge is 0.494 e. The number of amides is 2. The van der Waals surface area contributed by atoms with Gasteiger partial charge in [-0.1, -0.05) is 35.4 Å². The van der Waals surface area contributed by atoms with Gasteiger partial charge in [-0.15, -0.1) is 0 Å². The van der Waals surface area contributed by atoms with Crippen LogP contribution in [0.5, 0.6) is 11.5 Å². The number of fused-ring (bicyclic) bond motifs is 1. The summed E-state index contributed by atoms with van der Waals surface area (Å²) >= 11 is 0. The molecule has 170 valence electrons. The highest BCUT2D eigenvalue weighted by molar-refractivity contribution is 6.05. The Kier molecular flexibility index (Phi) is 6.93. The summed E-state index contributed by atoms with van der Waals surface area (Å²) in [5, 5.41) is 2.91. The molecule has 4 rings (SSSR count). The minimum absolute atomic E-state index is 0.0158. The Labute approximate surface area is 194 Å². The molecule has 3 aromatic carbocycles. The molecule has 0 spiro atoms. The van der Waals surface area contributed by atoms with Gasteiger partial charge in [0.05, 0.1) is 12.3 Å². The molecule has 0 atom stereocenters. The third-order valence-corrected chi connectivity index (χ3v) is 5.54. The maximum atomic E-state index is 12.6. The van der Waals surface area contributed by atoms with Crippen LogP contribution in [0.25, 0.3) is 0 Å². The van der Waals surface area contributed by atoms with Crippen molar-refractivity contribution in [1.82, 2.24) is 0 Å². The van der Waals surface area contributed by atoms with Gasteiger partial charge in [-0.3, -0.25) is 9.59 Å². The number of rotatable bonds is 8. The second-order valence-electron chi connectivity index (χ2n) is 8.21. The predicted octanol–water partition coefficient (Wildman–Crippen LogP) is 5.14. The zero-order valence-corrected chi connectivity index (χ0v) is 19.0. The molecule has 0 unspecified atom stereocenters. The van der Waals surface area contributed by atoms with E-state index in [4.69, 9.17) is 9.47 Å². The van der Waals surface area contributed by atoms with Gasteiger partial charge in [-0.05, 0) is 69.2 Å². The highest BCUT2D eigenvalue weighted by Crippen LogP contribution is 2.35. The summed E-state index contributed by atoms with van der Waals surface area (Å²) in [6.07, 6.45) is 1.61. The summed E-state index contributed by atoms with van der Waals surface area (Å²) in [7, 11) is 0. The second kappa shape index (κ2) is 10.2. The molecule has 0 aromatic heterocycles. The summed E-state index contributed by atoms with van der Waals surface area (Å²) in [6.45, 7) is 5.18. The zero-order chi connectivity index (χ0) is 23.2. The SMILES string of the molecule is Cc1ccc(OCCCCN2C(=O)COc3ccc(NC(=O)c4ccc(C)cc4)cc32)cc1. The van der Waals surface area contributed by atoms with E-state index in [1.807, 2.05) is 50.2 Å². The van der Waals surface area contributed by atoms with Gasteiger partial charge < -0.3 is 19.7 Å². The van der Waals surface area contributed by atoms with Crippen LogP contribution in [0.1, 0.15) is 34.3 Å². The Hall–Kier alpha value is -3.80. The van der Waals surface area contributed by atoms with Crippen LogP contribution < -0.4 is 19.7 Å². The number of hydrogen-bond donors (Lipinski definition) is 1. The van der Waals surface area contributed by atoms with E-state index in [2.05, 4.69) is 5.32 Å². The van der Waals surface area contributed by atoms with Crippen molar-refractivity contribution in [2.24, 2.45) is 0 Å². The highest BCUT2D eigenvalue weighted by atomic mass is 16.5. The van der Waals surface area contributed by atoms with Gasteiger partial charge in [0.1, 0.15) is 11.5 Å². The van der Waals surface area contributed by atoms with Crippen LogP contribution in [0.4, 0.5) is 11.4 Å². The van der Waals surface area contributed by atoms with Gasteiger partial charge in [0.15, 0.2) is 6.61 Å². The molecule has 33 heavy (non-hydrogen) atoms. The topological polar surface area (TPSA) is 67.9 Å². The van der Waals surface area contributed by atoms with Crippen LogP contribution in [-0.4, -0.2) is 31.6 Å². The van der Waals surface area contributed by atoms with Crippen molar-refractivity contribution in [3.63, 3.8) is 0 Å². The van der Waals surface area contributed by atoms with Gasteiger partial charge in [0.2, 0.25) is 0 Å². The molecule has 1 aliphatic heterocycles. The summed E-state index contributed by atoms with van der Waals surface area (Å²) in [5.74, 6) is 1.20. The Morgan fingerprint density at radius 3 is 2.39 bits per heavy atom. The fourth-order valence-corrected chi connectivity index (χ4v) is 3.63. The quantitative estimate of drug-likeness (QED) is 0.489. The Bertz CT molecular complexity index is 1120. The van der Waals surface area contributed by atoms with Crippen LogP contribution in [-0.2, 0) is 4.79 Å². The van der Waals surface area contributed by atoms with Crippen molar-refractivity contribution in [3.8, 4) is 11.5 Å². The number of aryl methyl sites for hydroxylation is 2. The van der Waals surface area contributed by atoms with E-state index in [0.717, 1.165) is 24.2 Å². The third-order valence-electron chi connectivity index (χ3n) is 5.54. The van der Waals surface area contributed by atoms with Crippen LogP contribution >= 0.6 is 0 Å². The summed E-state index contributed by atoms with van der Waals surface area (Å²) in [4.78, 5) is 26.9. The van der Waals surface area contributed by atoms with Crippen LogP contribution in [0.3, 0.4) is 0 Å². The first kappa shape index (κ1) is 22.4. The number of unbranched alkanes of at least 4 members (excludes halogenated alkanes) is 1. The number of benzene rings is 3. The Morgan fingerprint density at radius 1 is 0.970 bits per heavy atom. The van der Waals surface area contributed by atoms with Crippen LogP contribution in [0, 0.1) is 13.8 Å². The molecule has 1 heterocycles. The molecule has 0 saturated heterocycles. The zero-order valence-electron chi connectivity index (χ0n) is 19.0. The van der Waals surface area contributed by atoms with Gasteiger partial charge in [-0.25, -0.2) is 0 Å². The van der Waals surface area contributed by atoms with E-state index >= 15 is 0 Å². The molecule has 1 N–H and O–H groups in total. The number of anilines is 2. The fourth-order valence-electron chi connectivity index (χ4n) is 3.63. The highest BCUT2D eigenvalue weighted by Gasteiger charge is 2.25. The molecular formula is C27H28N2O4. The smallest absolute Gasteiger partial charge is 0.265 e. The average molecular weight is 445 g/mol. The minimum Gasteiger partial charge on any atom is -0.494 e. The number of nitrogens with zero attached hydrogens (tertiary/aromatic N) is 1. The molecule has 0 radical (unpaired) electrons. The first-order valence-corrected chi connectivity index (χ1v) is 11.1. The number of carbonyl (C=O) groups is 2. The van der Waals surface area contributed by atoms with Gasteiger partial charge in [0, 0.05) is 17.8 Å². The summed E-state index contributed by atoms with van der Waals surface area (Å²) < 4.78 is 11.4. The number of hydrogen-bond acceptors (Lipinski definition) is 4. The lowest BCUT2D eigenvalue weighted by Gasteiger charge is -2.30.